The van der Waals surface area contributed by atoms with Crippen LogP contribution in [0.15, 0.2) is 125 Å². The molecule has 1 atom stereocenters. The molecule has 4 rings (SSSR count). The number of hydrogen-bond acceptors (Lipinski definition) is 4. The fourth-order valence-electron chi connectivity index (χ4n) is 4.56. The quantitative estimate of drug-likeness (QED) is 0.210. The first-order valence-corrected chi connectivity index (χ1v) is 15.9. The average Bonchev–Trinajstić information content (AvgIpc) is 2.99. The van der Waals surface area contributed by atoms with Crippen molar-refractivity contribution in [2.24, 2.45) is 0 Å². The van der Waals surface area contributed by atoms with E-state index in [-0.39, 0.29) is 29.8 Å². The summed E-state index contributed by atoms with van der Waals surface area (Å²) in [5, 5.41) is 2.96. The van der Waals surface area contributed by atoms with Gasteiger partial charge in [0.1, 0.15) is 12.6 Å². The van der Waals surface area contributed by atoms with Crippen LogP contribution in [0, 0.1) is 0 Å². The standard InChI is InChI=1S/C33H34BrN3O4S/c1-25(2)35-33(39)31(22-26-12-6-3-7-13-26)36(23-27-18-20-28(34)21-19-27)32(38)24-37(29-14-8-4-9-15-29)42(40,41)30-16-10-5-11-17-30/h3-21,25,31H,22-24H2,1-2H3,(H,35,39). The highest BCUT2D eigenvalue weighted by molar-refractivity contribution is 9.10. The summed E-state index contributed by atoms with van der Waals surface area (Å²) in [6.45, 7) is 3.35. The van der Waals surface area contributed by atoms with Gasteiger partial charge in [-0.15, -0.1) is 0 Å². The van der Waals surface area contributed by atoms with Crippen LogP contribution < -0.4 is 9.62 Å². The van der Waals surface area contributed by atoms with Crippen molar-refractivity contribution in [3.8, 4) is 0 Å². The Balaban J connectivity index is 1.78. The zero-order valence-corrected chi connectivity index (χ0v) is 26.0. The minimum Gasteiger partial charge on any atom is -0.352 e. The number of carbonyl (C=O) groups excluding carboxylic acids is 2. The largest absolute Gasteiger partial charge is 0.352 e. The van der Waals surface area contributed by atoms with Gasteiger partial charge in [0.15, 0.2) is 0 Å². The Labute approximate surface area is 256 Å². The molecule has 0 radical (unpaired) electrons. The molecule has 42 heavy (non-hydrogen) atoms. The highest BCUT2D eigenvalue weighted by atomic mass is 79.9. The lowest BCUT2D eigenvalue weighted by Gasteiger charge is -2.34. The van der Waals surface area contributed by atoms with Crippen LogP contribution >= 0.6 is 15.9 Å². The third kappa shape index (κ3) is 8.08. The summed E-state index contributed by atoms with van der Waals surface area (Å²) in [7, 11) is -4.11. The maximum Gasteiger partial charge on any atom is 0.264 e. The molecule has 4 aromatic carbocycles. The van der Waals surface area contributed by atoms with E-state index in [4.69, 9.17) is 0 Å². The van der Waals surface area contributed by atoms with Crippen LogP contribution in [0.1, 0.15) is 25.0 Å². The van der Waals surface area contributed by atoms with Gasteiger partial charge in [-0.1, -0.05) is 94.8 Å². The topological polar surface area (TPSA) is 86.8 Å². The van der Waals surface area contributed by atoms with Gasteiger partial charge >= 0.3 is 0 Å². The van der Waals surface area contributed by atoms with Gasteiger partial charge in [-0.3, -0.25) is 13.9 Å². The molecule has 0 bridgehead atoms. The number of amides is 2. The molecule has 0 aliphatic heterocycles. The summed E-state index contributed by atoms with van der Waals surface area (Å²) in [6, 6.07) is 32.5. The zero-order valence-electron chi connectivity index (χ0n) is 23.6. The van der Waals surface area contributed by atoms with Crippen LogP contribution in [0.2, 0.25) is 0 Å². The van der Waals surface area contributed by atoms with Crippen LogP contribution in [-0.4, -0.2) is 43.8 Å². The Hall–Kier alpha value is -3.95. The van der Waals surface area contributed by atoms with E-state index in [1.54, 1.807) is 48.5 Å². The van der Waals surface area contributed by atoms with Gasteiger partial charge in [-0.25, -0.2) is 8.42 Å². The first-order valence-electron chi connectivity index (χ1n) is 13.7. The molecule has 218 valence electrons. The Morgan fingerprint density at radius 2 is 1.31 bits per heavy atom. The number of nitrogens with one attached hydrogen (secondary N) is 1. The van der Waals surface area contributed by atoms with E-state index in [1.165, 1.54) is 17.0 Å². The summed E-state index contributed by atoms with van der Waals surface area (Å²) in [5.74, 6) is -0.808. The predicted octanol–water partition coefficient (Wildman–Crippen LogP) is 5.81. The summed E-state index contributed by atoms with van der Waals surface area (Å²) < 4.78 is 29.8. The normalized spacial score (nSPS) is 12.0. The average molecular weight is 649 g/mol. The highest BCUT2D eigenvalue weighted by Crippen LogP contribution is 2.25. The minimum atomic E-state index is -4.11. The molecule has 0 fully saturated rings. The Morgan fingerprint density at radius 3 is 1.88 bits per heavy atom. The molecule has 0 aromatic heterocycles. The molecule has 4 aromatic rings. The Morgan fingerprint density at radius 1 is 0.762 bits per heavy atom. The van der Waals surface area contributed by atoms with Crippen molar-refractivity contribution in [1.29, 1.82) is 0 Å². The van der Waals surface area contributed by atoms with Crippen LogP contribution in [0.5, 0.6) is 0 Å². The summed E-state index contributed by atoms with van der Waals surface area (Å²) in [5.41, 5.74) is 2.04. The zero-order chi connectivity index (χ0) is 30.1. The van der Waals surface area contributed by atoms with E-state index >= 15 is 0 Å². The lowest BCUT2D eigenvalue weighted by Crippen LogP contribution is -2.54. The molecule has 0 aliphatic carbocycles. The minimum absolute atomic E-state index is 0.0690. The van der Waals surface area contributed by atoms with Crippen molar-refractivity contribution < 1.29 is 18.0 Å². The number of carbonyl (C=O) groups is 2. The Kier molecular flexibility index (Phi) is 10.5. The molecular weight excluding hydrogens is 614 g/mol. The van der Waals surface area contributed by atoms with E-state index in [2.05, 4.69) is 21.2 Å². The molecule has 0 saturated heterocycles. The molecule has 2 amide bonds. The molecule has 7 nitrogen and oxygen atoms in total. The lowest BCUT2D eigenvalue weighted by molar-refractivity contribution is -0.140. The Bertz CT molecular complexity index is 1570. The number of halogens is 1. The number of sulfonamides is 1. The van der Waals surface area contributed by atoms with E-state index in [0.29, 0.717) is 5.69 Å². The van der Waals surface area contributed by atoms with Crippen molar-refractivity contribution >= 4 is 43.5 Å². The lowest BCUT2D eigenvalue weighted by atomic mass is 10.0. The molecule has 0 spiro atoms. The smallest absolute Gasteiger partial charge is 0.264 e. The number of nitrogens with zero attached hydrogens (tertiary/aromatic N) is 2. The van der Waals surface area contributed by atoms with Crippen molar-refractivity contribution in [1.82, 2.24) is 10.2 Å². The van der Waals surface area contributed by atoms with E-state index in [1.807, 2.05) is 68.4 Å². The molecule has 0 heterocycles. The van der Waals surface area contributed by atoms with Crippen molar-refractivity contribution in [3.05, 3.63) is 131 Å². The second kappa shape index (κ2) is 14.3. The summed E-state index contributed by atoms with van der Waals surface area (Å²) in [6.07, 6.45) is 0.262. The SMILES string of the molecule is CC(C)NC(=O)C(Cc1ccccc1)N(Cc1ccc(Br)cc1)C(=O)CN(c1ccccc1)S(=O)(=O)c1ccccc1. The van der Waals surface area contributed by atoms with Crippen molar-refractivity contribution in [2.45, 2.75) is 43.8 Å². The number of benzene rings is 4. The molecule has 9 heteroatoms. The van der Waals surface area contributed by atoms with Crippen LogP contribution in [0.3, 0.4) is 0 Å². The first kappa shape index (κ1) is 31.0. The van der Waals surface area contributed by atoms with Gasteiger partial charge in [0.2, 0.25) is 11.8 Å². The number of anilines is 1. The number of rotatable bonds is 12. The monoisotopic (exact) mass is 647 g/mol. The fraction of sp³-hybridized carbons (Fsp3) is 0.212. The van der Waals surface area contributed by atoms with Gasteiger partial charge in [-0.2, -0.15) is 0 Å². The highest BCUT2D eigenvalue weighted by Gasteiger charge is 2.34. The summed E-state index contributed by atoms with van der Waals surface area (Å²) in [4.78, 5) is 29.6. The first-order chi connectivity index (χ1) is 20.1. The predicted molar refractivity (Wildman–Crippen MR) is 169 cm³/mol. The second-order valence-electron chi connectivity index (χ2n) is 10.2. The maximum atomic E-state index is 14.3. The molecule has 1 unspecified atom stereocenters. The second-order valence-corrected chi connectivity index (χ2v) is 13.0. The van der Waals surface area contributed by atoms with E-state index in [9.17, 15) is 18.0 Å². The van der Waals surface area contributed by atoms with Gasteiger partial charge in [0.25, 0.3) is 10.0 Å². The molecule has 0 aliphatic rings. The molecule has 0 saturated carbocycles. The van der Waals surface area contributed by atoms with E-state index < -0.39 is 28.5 Å². The summed E-state index contributed by atoms with van der Waals surface area (Å²) >= 11 is 3.45. The molecular formula is C33H34BrN3O4S. The number of hydrogen-bond donors (Lipinski definition) is 1. The van der Waals surface area contributed by atoms with Gasteiger partial charge in [-0.05, 0) is 61.4 Å². The van der Waals surface area contributed by atoms with Crippen LogP contribution in [0.25, 0.3) is 0 Å². The third-order valence-corrected chi connectivity index (χ3v) is 8.94. The maximum absolute atomic E-state index is 14.3. The fourth-order valence-corrected chi connectivity index (χ4v) is 6.26. The molecule has 1 N–H and O–H groups in total. The number of para-hydroxylation sites is 1. The van der Waals surface area contributed by atoms with Crippen LogP contribution in [-0.2, 0) is 32.6 Å². The van der Waals surface area contributed by atoms with Crippen LogP contribution in [0.4, 0.5) is 5.69 Å². The van der Waals surface area contributed by atoms with Gasteiger partial charge in [0.05, 0.1) is 10.6 Å². The van der Waals surface area contributed by atoms with E-state index in [0.717, 1.165) is 19.9 Å². The van der Waals surface area contributed by atoms with Crippen molar-refractivity contribution in [3.63, 3.8) is 0 Å². The van der Waals surface area contributed by atoms with Crippen molar-refractivity contribution in [2.75, 3.05) is 10.8 Å². The van der Waals surface area contributed by atoms with Gasteiger partial charge < -0.3 is 10.2 Å². The van der Waals surface area contributed by atoms with Gasteiger partial charge in [0, 0.05) is 23.5 Å². The third-order valence-electron chi connectivity index (χ3n) is 6.62.